The van der Waals surface area contributed by atoms with Crippen LogP contribution in [0, 0.1) is 0 Å². The van der Waals surface area contributed by atoms with Gasteiger partial charge in [-0.05, 0) is 23.6 Å². The summed E-state index contributed by atoms with van der Waals surface area (Å²) in [4.78, 5) is 22.3. The van der Waals surface area contributed by atoms with Crippen molar-refractivity contribution in [3.63, 3.8) is 0 Å². The fourth-order valence-corrected chi connectivity index (χ4v) is 1.69. The first-order valence-electron chi connectivity index (χ1n) is 6.67. The van der Waals surface area contributed by atoms with E-state index >= 15 is 0 Å². The van der Waals surface area contributed by atoms with Gasteiger partial charge in [-0.25, -0.2) is 11.7 Å². The molecule has 0 spiro atoms. The average molecular weight is 310 g/mol. The summed E-state index contributed by atoms with van der Waals surface area (Å²) in [6.45, 7) is 5.61. The van der Waals surface area contributed by atoms with Crippen LogP contribution < -0.4 is 32.0 Å². The number of carbonyl (C=O) groups is 2. The zero-order valence-corrected chi connectivity index (χ0v) is 12.9. The van der Waals surface area contributed by atoms with Crippen LogP contribution in [-0.4, -0.2) is 25.0 Å². The third kappa shape index (κ3) is 5.23. The molecule has 8 heteroatoms. The molecule has 0 aliphatic carbocycles. The fourth-order valence-electron chi connectivity index (χ4n) is 1.69. The summed E-state index contributed by atoms with van der Waals surface area (Å²) >= 11 is 0. The summed E-state index contributed by atoms with van der Waals surface area (Å²) in [6.07, 6.45) is 0. The Morgan fingerprint density at radius 3 is 2.09 bits per heavy atom. The van der Waals surface area contributed by atoms with Gasteiger partial charge in [0.25, 0.3) is 11.8 Å². The Kier molecular flexibility index (Phi) is 6.14. The van der Waals surface area contributed by atoms with E-state index in [4.69, 9.17) is 21.2 Å². The molecule has 0 fully saturated rings. The van der Waals surface area contributed by atoms with Crippen molar-refractivity contribution in [1.29, 1.82) is 0 Å². The monoisotopic (exact) mass is 310 g/mol. The van der Waals surface area contributed by atoms with Gasteiger partial charge in [0.15, 0.2) is 13.2 Å². The number of carbonyl (C=O) groups excluding carboxylic acids is 2. The molecule has 0 aliphatic heterocycles. The number of nitrogens with one attached hydrogen (secondary N) is 2. The van der Waals surface area contributed by atoms with Crippen LogP contribution in [0.4, 0.5) is 0 Å². The van der Waals surface area contributed by atoms with E-state index in [1.165, 1.54) is 0 Å². The van der Waals surface area contributed by atoms with Crippen molar-refractivity contribution >= 4 is 11.8 Å². The third-order valence-corrected chi connectivity index (χ3v) is 2.81. The maximum Gasteiger partial charge on any atom is 0.271 e. The van der Waals surface area contributed by atoms with Gasteiger partial charge in [0.2, 0.25) is 0 Å². The molecule has 0 unspecified atom stereocenters. The molecule has 0 bridgehead atoms. The molecule has 2 amide bonds. The van der Waals surface area contributed by atoms with Crippen LogP contribution in [0.25, 0.3) is 0 Å². The van der Waals surface area contributed by atoms with Crippen LogP contribution >= 0.6 is 0 Å². The van der Waals surface area contributed by atoms with E-state index < -0.39 is 11.8 Å². The number of hydrogen-bond donors (Lipinski definition) is 4. The molecule has 1 aromatic rings. The second-order valence-corrected chi connectivity index (χ2v) is 5.62. The largest absolute Gasteiger partial charge is 0.484 e. The SMILES string of the molecule is CC(C)(C)c1cc(OCC(=O)NN)ccc1OCC(=O)NN. The van der Waals surface area contributed by atoms with E-state index in [0.29, 0.717) is 11.5 Å². The molecule has 0 aliphatic rings. The van der Waals surface area contributed by atoms with Crippen molar-refractivity contribution < 1.29 is 19.1 Å². The first-order valence-corrected chi connectivity index (χ1v) is 6.67. The number of ether oxygens (including phenoxy) is 2. The smallest absolute Gasteiger partial charge is 0.271 e. The van der Waals surface area contributed by atoms with E-state index in [0.717, 1.165) is 5.56 Å². The molecule has 6 N–H and O–H groups in total. The van der Waals surface area contributed by atoms with E-state index in [1.54, 1.807) is 18.2 Å². The minimum absolute atomic E-state index is 0.185. The highest BCUT2D eigenvalue weighted by Gasteiger charge is 2.20. The normalized spacial score (nSPS) is 10.8. The van der Waals surface area contributed by atoms with Crippen LogP contribution in [0.3, 0.4) is 0 Å². The average Bonchev–Trinajstić information content (AvgIpc) is 2.49. The van der Waals surface area contributed by atoms with E-state index in [2.05, 4.69) is 0 Å². The minimum atomic E-state index is -0.433. The summed E-state index contributed by atoms with van der Waals surface area (Å²) in [6, 6.07) is 5.09. The van der Waals surface area contributed by atoms with Gasteiger partial charge in [-0.3, -0.25) is 20.4 Å². The Labute approximate surface area is 129 Å². The Bertz CT molecular complexity index is 540. The van der Waals surface area contributed by atoms with E-state index in [9.17, 15) is 9.59 Å². The van der Waals surface area contributed by atoms with Crippen molar-refractivity contribution in [2.24, 2.45) is 11.7 Å². The van der Waals surface area contributed by atoms with Crippen molar-refractivity contribution in [2.75, 3.05) is 13.2 Å². The lowest BCUT2D eigenvalue weighted by molar-refractivity contribution is -0.123. The Morgan fingerprint density at radius 2 is 1.59 bits per heavy atom. The first kappa shape index (κ1) is 17.7. The second kappa shape index (κ2) is 7.62. The quantitative estimate of drug-likeness (QED) is 0.325. The van der Waals surface area contributed by atoms with Crippen molar-refractivity contribution in [2.45, 2.75) is 26.2 Å². The fraction of sp³-hybridized carbons (Fsp3) is 0.429. The molecule has 122 valence electrons. The van der Waals surface area contributed by atoms with Crippen molar-refractivity contribution in [1.82, 2.24) is 10.9 Å². The minimum Gasteiger partial charge on any atom is -0.484 e. The van der Waals surface area contributed by atoms with Crippen LogP contribution in [0.1, 0.15) is 26.3 Å². The van der Waals surface area contributed by atoms with Gasteiger partial charge in [-0.15, -0.1) is 0 Å². The number of rotatable bonds is 6. The Balaban J connectivity index is 2.93. The zero-order valence-electron chi connectivity index (χ0n) is 12.9. The summed E-state index contributed by atoms with van der Waals surface area (Å²) in [5, 5.41) is 0. The van der Waals surface area contributed by atoms with Gasteiger partial charge in [0, 0.05) is 5.56 Å². The van der Waals surface area contributed by atoms with Crippen LogP contribution in [0.2, 0.25) is 0 Å². The molecule has 0 aromatic heterocycles. The molecule has 8 nitrogen and oxygen atoms in total. The van der Waals surface area contributed by atoms with Gasteiger partial charge in [-0.2, -0.15) is 0 Å². The third-order valence-electron chi connectivity index (χ3n) is 2.81. The molecule has 0 radical (unpaired) electrons. The van der Waals surface area contributed by atoms with Gasteiger partial charge >= 0.3 is 0 Å². The molecule has 1 aromatic carbocycles. The lowest BCUT2D eigenvalue weighted by atomic mass is 9.86. The van der Waals surface area contributed by atoms with Gasteiger partial charge in [-0.1, -0.05) is 20.8 Å². The molecule has 0 heterocycles. The molecular weight excluding hydrogens is 288 g/mol. The number of hydrogen-bond acceptors (Lipinski definition) is 6. The first-order chi connectivity index (χ1) is 10.3. The summed E-state index contributed by atoms with van der Waals surface area (Å²) in [5.41, 5.74) is 4.57. The van der Waals surface area contributed by atoms with Crippen molar-refractivity contribution in [3.8, 4) is 11.5 Å². The number of benzene rings is 1. The van der Waals surface area contributed by atoms with Gasteiger partial charge < -0.3 is 9.47 Å². The number of hydrazine groups is 2. The summed E-state index contributed by atoms with van der Waals surface area (Å²) in [7, 11) is 0. The Hall–Kier alpha value is -2.32. The van der Waals surface area contributed by atoms with Crippen molar-refractivity contribution in [3.05, 3.63) is 23.8 Å². The summed E-state index contributed by atoms with van der Waals surface area (Å²) < 4.78 is 10.8. The lowest BCUT2D eigenvalue weighted by Crippen LogP contribution is -2.34. The van der Waals surface area contributed by atoms with Crippen LogP contribution in [0.15, 0.2) is 18.2 Å². The number of amides is 2. The molecule has 22 heavy (non-hydrogen) atoms. The molecule has 1 rings (SSSR count). The molecule has 0 saturated heterocycles. The zero-order chi connectivity index (χ0) is 16.8. The maximum atomic E-state index is 11.2. The Morgan fingerprint density at radius 1 is 1.05 bits per heavy atom. The highest BCUT2D eigenvalue weighted by Crippen LogP contribution is 2.34. The van der Waals surface area contributed by atoms with Gasteiger partial charge in [0.05, 0.1) is 0 Å². The van der Waals surface area contributed by atoms with Crippen LogP contribution in [-0.2, 0) is 15.0 Å². The predicted octanol–water partition coefficient (Wildman–Crippen LogP) is -0.278. The van der Waals surface area contributed by atoms with E-state index in [1.807, 2.05) is 31.6 Å². The second-order valence-electron chi connectivity index (χ2n) is 5.62. The van der Waals surface area contributed by atoms with Gasteiger partial charge in [0.1, 0.15) is 11.5 Å². The molecular formula is C14H22N4O4. The van der Waals surface area contributed by atoms with E-state index in [-0.39, 0.29) is 18.6 Å². The predicted molar refractivity (Wildman–Crippen MR) is 80.8 cm³/mol. The maximum absolute atomic E-state index is 11.2. The topological polar surface area (TPSA) is 129 Å². The summed E-state index contributed by atoms with van der Waals surface area (Å²) in [5.74, 6) is 10.2. The number of nitrogens with two attached hydrogens (primary N) is 2. The highest BCUT2D eigenvalue weighted by atomic mass is 16.5. The standard InChI is InChI=1S/C14H22N4O4/c1-14(2,3)10-6-9(21-7-12(19)17-15)4-5-11(10)22-8-13(20)18-16/h4-6H,7-8,15-16H2,1-3H3,(H,17,19)(H,18,20). The molecule has 0 saturated carbocycles. The van der Waals surface area contributed by atoms with Crippen LogP contribution in [0.5, 0.6) is 11.5 Å². The highest BCUT2D eigenvalue weighted by molar-refractivity contribution is 5.77. The lowest BCUT2D eigenvalue weighted by Gasteiger charge is -2.23. The molecule has 0 atom stereocenters.